The number of carbonyl (C=O) groups excluding carboxylic acids is 2. The molecule has 0 spiro atoms. The maximum Gasteiger partial charge on any atom is 0.242 e. The van der Waals surface area contributed by atoms with Crippen molar-refractivity contribution in [1.82, 2.24) is 9.80 Å². The van der Waals surface area contributed by atoms with Crippen LogP contribution < -0.4 is 0 Å². The molecule has 1 aliphatic heterocycles. The van der Waals surface area contributed by atoms with Crippen molar-refractivity contribution in [3.05, 3.63) is 35.4 Å². The van der Waals surface area contributed by atoms with Gasteiger partial charge >= 0.3 is 0 Å². The summed E-state index contributed by atoms with van der Waals surface area (Å²) in [6.45, 7) is 5.91. The highest BCUT2D eigenvalue weighted by molar-refractivity contribution is 5.83. The highest BCUT2D eigenvalue weighted by Gasteiger charge is 2.20. The van der Waals surface area contributed by atoms with Gasteiger partial charge in [0.05, 0.1) is 0 Å². The van der Waals surface area contributed by atoms with Crippen molar-refractivity contribution >= 4 is 11.8 Å². The maximum absolute atomic E-state index is 12.5. The zero-order chi connectivity index (χ0) is 15.9. The largest absolute Gasteiger partial charge is 0.341 e. The second-order valence-electron chi connectivity index (χ2n) is 6.10. The Bertz CT molecular complexity index is 520. The summed E-state index contributed by atoms with van der Waals surface area (Å²) in [5.41, 5.74) is 2.25. The van der Waals surface area contributed by atoms with Gasteiger partial charge in [0.2, 0.25) is 11.8 Å². The quantitative estimate of drug-likeness (QED) is 0.858. The molecule has 0 aliphatic carbocycles. The topological polar surface area (TPSA) is 40.6 Å². The standard InChI is InChI=1S/C18H26N2O2/c1-15-9-5-6-10-17(15)13-20(16(2)21)14-18(22)19-11-7-3-4-8-12-19/h5-6,9-10H,3-4,7-8,11-14H2,1-2H3. The van der Waals surface area contributed by atoms with E-state index in [0.717, 1.165) is 37.1 Å². The second kappa shape index (κ2) is 7.97. The highest BCUT2D eigenvalue weighted by Crippen LogP contribution is 2.13. The first-order valence-corrected chi connectivity index (χ1v) is 8.15. The molecule has 4 nitrogen and oxygen atoms in total. The summed E-state index contributed by atoms with van der Waals surface area (Å²) in [6, 6.07) is 8.00. The van der Waals surface area contributed by atoms with Crippen LogP contribution in [-0.4, -0.2) is 41.2 Å². The number of carbonyl (C=O) groups is 2. The smallest absolute Gasteiger partial charge is 0.242 e. The summed E-state index contributed by atoms with van der Waals surface area (Å²) >= 11 is 0. The molecule has 0 bridgehead atoms. The van der Waals surface area contributed by atoms with Crippen molar-refractivity contribution in [2.45, 2.75) is 46.1 Å². The normalized spacial score (nSPS) is 15.3. The van der Waals surface area contributed by atoms with Gasteiger partial charge in [-0.1, -0.05) is 37.1 Å². The van der Waals surface area contributed by atoms with E-state index in [0.29, 0.717) is 6.54 Å². The number of benzene rings is 1. The first-order valence-electron chi connectivity index (χ1n) is 8.15. The molecule has 2 rings (SSSR count). The summed E-state index contributed by atoms with van der Waals surface area (Å²) in [4.78, 5) is 27.9. The first-order chi connectivity index (χ1) is 10.6. The molecule has 0 unspecified atom stereocenters. The zero-order valence-electron chi connectivity index (χ0n) is 13.7. The molecule has 1 aliphatic rings. The predicted molar refractivity (Wildman–Crippen MR) is 87.3 cm³/mol. The lowest BCUT2D eigenvalue weighted by Crippen LogP contribution is -2.42. The number of hydrogen-bond acceptors (Lipinski definition) is 2. The van der Waals surface area contributed by atoms with Crippen LogP contribution >= 0.6 is 0 Å². The molecule has 0 atom stereocenters. The molecule has 1 aromatic carbocycles. The summed E-state index contributed by atoms with van der Waals surface area (Å²) in [5.74, 6) is 0.0251. The van der Waals surface area contributed by atoms with Gasteiger partial charge in [-0.15, -0.1) is 0 Å². The Hall–Kier alpha value is -1.84. The summed E-state index contributed by atoms with van der Waals surface area (Å²) in [7, 11) is 0. The summed E-state index contributed by atoms with van der Waals surface area (Å²) < 4.78 is 0. The molecule has 1 heterocycles. The Kier molecular flexibility index (Phi) is 5.99. The number of amides is 2. The highest BCUT2D eigenvalue weighted by atomic mass is 16.2. The van der Waals surface area contributed by atoms with Crippen molar-refractivity contribution in [2.75, 3.05) is 19.6 Å². The SMILES string of the molecule is CC(=O)N(CC(=O)N1CCCCCC1)Cc1ccccc1C. The average Bonchev–Trinajstić information content (AvgIpc) is 2.77. The molecule has 22 heavy (non-hydrogen) atoms. The molecular weight excluding hydrogens is 276 g/mol. The predicted octanol–water partition coefficient (Wildman–Crippen LogP) is 2.75. The third-order valence-electron chi connectivity index (χ3n) is 4.35. The number of rotatable bonds is 4. The van der Waals surface area contributed by atoms with Gasteiger partial charge in [0.25, 0.3) is 0 Å². The minimum Gasteiger partial charge on any atom is -0.341 e. The van der Waals surface area contributed by atoms with Crippen LogP contribution in [0.5, 0.6) is 0 Å². The monoisotopic (exact) mass is 302 g/mol. The lowest BCUT2D eigenvalue weighted by atomic mass is 10.1. The van der Waals surface area contributed by atoms with Gasteiger partial charge in [0.1, 0.15) is 6.54 Å². The lowest BCUT2D eigenvalue weighted by molar-refractivity contribution is -0.139. The van der Waals surface area contributed by atoms with E-state index < -0.39 is 0 Å². The van der Waals surface area contributed by atoms with Gasteiger partial charge in [0.15, 0.2) is 0 Å². The van der Waals surface area contributed by atoms with Crippen LogP contribution in [0.4, 0.5) is 0 Å². The van der Waals surface area contributed by atoms with Crippen molar-refractivity contribution in [1.29, 1.82) is 0 Å². The van der Waals surface area contributed by atoms with Crippen LogP contribution in [0.1, 0.15) is 43.7 Å². The van der Waals surface area contributed by atoms with Crippen molar-refractivity contribution in [3.8, 4) is 0 Å². The van der Waals surface area contributed by atoms with E-state index in [1.807, 2.05) is 36.1 Å². The molecule has 2 amide bonds. The van der Waals surface area contributed by atoms with Crippen LogP contribution in [0.3, 0.4) is 0 Å². The van der Waals surface area contributed by atoms with Crippen LogP contribution in [0, 0.1) is 6.92 Å². The van der Waals surface area contributed by atoms with Gasteiger partial charge < -0.3 is 9.80 Å². The van der Waals surface area contributed by atoms with Gasteiger partial charge in [-0.25, -0.2) is 0 Å². The molecule has 1 fully saturated rings. The Balaban J connectivity index is 2.00. The van der Waals surface area contributed by atoms with Crippen LogP contribution in [0.2, 0.25) is 0 Å². The minimum absolute atomic E-state index is 0.0496. The van der Waals surface area contributed by atoms with Gasteiger partial charge in [-0.3, -0.25) is 9.59 Å². The Morgan fingerprint density at radius 3 is 2.32 bits per heavy atom. The molecule has 0 aromatic heterocycles. The van der Waals surface area contributed by atoms with Crippen LogP contribution in [0.15, 0.2) is 24.3 Å². The summed E-state index contributed by atoms with van der Waals surface area (Å²) in [6.07, 6.45) is 4.54. The fourth-order valence-corrected chi connectivity index (χ4v) is 2.86. The van der Waals surface area contributed by atoms with E-state index >= 15 is 0 Å². The van der Waals surface area contributed by atoms with Gasteiger partial charge in [0, 0.05) is 26.6 Å². The van der Waals surface area contributed by atoms with Gasteiger partial charge in [-0.2, -0.15) is 0 Å². The van der Waals surface area contributed by atoms with Crippen molar-refractivity contribution in [2.24, 2.45) is 0 Å². The molecule has 120 valence electrons. The maximum atomic E-state index is 12.5. The Morgan fingerprint density at radius 1 is 1.09 bits per heavy atom. The van der Waals surface area contributed by atoms with E-state index in [4.69, 9.17) is 0 Å². The molecule has 0 radical (unpaired) electrons. The second-order valence-corrected chi connectivity index (χ2v) is 6.10. The third kappa shape index (κ3) is 4.58. The summed E-state index contributed by atoms with van der Waals surface area (Å²) in [5, 5.41) is 0. The van der Waals surface area contributed by atoms with Crippen molar-refractivity contribution < 1.29 is 9.59 Å². The molecule has 0 N–H and O–H groups in total. The molecular formula is C18H26N2O2. The number of aryl methyl sites for hydroxylation is 1. The van der Waals surface area contributed by atoms with E-state index in [1.165, 1.54) is 19.8 Å². The molecule has 1 aromatic rings. The molecule has 0 saturated carbocycles. The Labute approximate surface area is 133 Å². The lowest BCUT2D eigenvalue weighted by Gasteiger charge is -2.26. The fraction of sp³-hybridized carbons (Fsp3) is 0.556. The first kappa shape index (κ1) is 16.5. The fourth-order valence-electron chi connectivity index (χ4n) is 2.86. The van der Waals surface area contributed by atoms with E-state index in [2.05, 4.69) is 0 Å². The van der Waals surface area contributed by atoms with E-state index in [1.54, 1.807) is 4.90 Å². The third-order valence-corrected chi connectivity index (χ3v) is 4.35. The number of hydrogen-bond donors (Lipinski definition) is 0. The zero-order valence-corrected chi connectivity index (χ0v) is 13.7. The number of likely N-dealkylation sites (tertiary alicyclic amines) is 1. The number of nitrogens with zero attached hydrogens (tertiary/aromatic N) is 2. The minimum atomic E-state index is -0.0496. The van der Waals surface area contributed by atoms with Crippen molar-refractivity contribution in [3.63, 3.8) is 0 Å². The van der Waals surface area contributed by atoms with Gasteiger partial charge in [-0.05, 0) is 30.9 Å². The van der Waals surface area contributed by atoms with Crippen LogP contribution in [-0.2, 0) is 16.1 Å². The Morgan fingerprint density at radius 2 is 1.73 bits per heavy atom. The average molecular weight is 302 g/mol. The molecule has 1 saturated heterocycles. The van der Waals surface area contributed by atoms with Crippen LogP contribution in [0.25, 0.3) is 0 Å². The van der Waals surface area contributed by atoms with E-state index in [-0.39, 0.29) is 18.4 Å². The van der Waals surface area contributed by atoms with E-state index in [9.17, 15) is 9.59 Å². The molecule has 4 heteroatoms.